The molecule has 0 aliphatic carbocycles. The number of aromatic carboxylic acids is 1. The summed E-state index contributed by atoms with van der Waals surface area (Å²) in [5, 5.41) is 8.95. The number of benzene rings is 1. The number of nitrogens with zero attached hydrogens (tertiary/aromatic N) is 1. The molecule has 92 valence electrons. The minimum Gasteiger partial charge on any atom is -0.478 e. The number of carboxylic acids is 1. The highest BCUT2D eigenvalue weighted by molar-refractivity contribution is 9.10. The Morgan fingerprint density at radius 2 is 2.11 bits per heavy atom. The molecule has 0 aliphatic rings. The van der Waals surface area contributed by atoms with Crippen LogP contribution in [0.2, 0.25) is 0 Å². The van der Waals surface area contributed by atoms with Gasteiger partial charge >= 0.3 is 5.97 Å². The van der Waals surface area contributed by atoms with E-state index in [1.807, 2.05) is 6.92 Å². The van der Waals surface area contributed by atoms with Crippen LogP contribution in [0.15, 0.2) is 41.1 Å². The molecule has 0 bridgehead atoms. The van der Waals surface area contributed by atoms with E-state index in [2.05, 4.69) is 20.9 Å². The predicted molar refractivity (Wildman–Crippen MR) is 70.1 cm³/mol. The number of rotatable bonds is 3. The molecule has 0 saturated carbocycles. The van der Waals surface area contributed by atoms with E-state index in [1.165, 1.54) is 6.07 Å². The van der Waals surface area contributed by atoms with E-state index in [4.69, 9.17) is 9.84 Å². The summed E-state index contributed by atoms with van der Waals surface area (Å²) >= 11 is 3.32. The summed E-state index contributed by atoms with van der Waals surface area (Å²) in [6.07, 6.45) is 3.22. The standard InChI is InChI=1S/C13H10BrNO3/c1-8-2-3-9(13(16)17)6-12(8)18-11-4-5-15-7-10(11)14/h2-7H,1H3,(H,16,17). The van der Waals surface area contributed by atoms with Gasteiger partial charge in [-0.05, 0) is 40.5 Å². The molecule has 0 aliphatic heterocycles. The van der Waals surface area contributed by atoms with Crippen LogP contribution in [0.4, 0.5) is 0 Å². The molecule has 4 nitrogen and oxygen atoms in total. The SMILES string of the molecule is Cc1ccc(C(=O)O)cc1Oc1ccncc1Br. The fraction of sp³-hybridized carbons (Fsp3) is 0.0769. The van der Waals surface area contributed by atoms with Gasteiger partial charge in [0.1, 0.15) is 11.5 Å². The topological polar surface area (TPSA) is 59.4 Å². The highest BCUT2D eigenvalue weighted by atomic mass is 79.9. The number of aromatic nitrogens is 1. The first-order chi connectivity index (χ1) is 8.58. The van der Waals surface area contributed by atoms with Crippen LogP contribution >= 0.6 is 15.9 Å². The lowest BCUT2D eigenvalue weighted by atomic mass is 10.1. The van der Waals surface area contributed by atoms with Gasteiger partial charge in [-0.15, -0.1) is 0 Å². The van der Waals surface area contributed by atoms with Gasteiger partial charge in [-0.2, -0.15) is 0 Å². The lowest BCUT2D eigenvalue weighted by Gasteiger charge is -2.10. The van der Waals surface area contributed by atoms with Gasteiger partial charge in [-0.25, -0.2) is 4.79 Å². The Kier molecular flexibility index (Phi) is 3.62. The molecule has 1 aromatic heterocycles. The van der Waals surface area contributed by atoms with Gasteiger partial charge in [0, 0.05) is 18.5 Å². The molecule has 1 aromatic carbocycles. The van der Waals surface area contributed by atoms with E-state index in [-0.39, 0.29) is 5.56 Å². The minimum atomic E-state index is -0.978. The first kappa shape index (κ1) is 12.6. The minimum absolute atomic E-state index is 0.195. The van der Waals surface area contributed by atoms with Gasteiger partial charge in [0.05, 0.1) is 10.0 Å². The Labute approximate surface area is 112 Å². The van der Waals surface area contributed by atoms with Crippen molar-refractivity contribution in [3.8, 4) is 11.5 Å². The number of aryl methyl sites for hydroxylation is 1. The third kappa shape index (κ3) is 2.68. The number of ether oxygens (including phenoxy) is 1. The van der Waals surface area contributed by atoms with Crippen LogP contribution < -0.4 is 4.74 Å². The van der Waals surface area contributed by atoms with Crippen LogP contribution in [-0.2, 0) is 0 Å². The molecule has 18 heavy (non-hydrogen) atoms. The largest absolute Gasteiger partial charge is 0.478 e. The van der Waals surface area contributed by atoms with E-state index < -0.39 is 5.97 Å². The van der Waals surface area contributed by atoms with Crippen LogP contribution in [0.1, 0.15) is 15.9 Å². The summed E-state index contributed by atoms with van der Waals surface area (Å²) in [5.41, 5.74) is 1.06. The molecular formula is C13H10BrNO3. The Balaban J connectivity index is 2.37. The number of hydrogen-bond donors (Lipinski definition) is 1. The smallest absolute Gasteiger partial charge is 0.335 e. The summed E-state index contributed by atoms with van der Waals surface area (Å²) in [6, 6.07) is 6.47. The van der Waals surface area contributed by atoms with Gasteiger partial charge < -0.3 is 9.84 Å². The van der Waals surface area contributed by atoms with Crippen LogP contribution in [0.3, 0.4) is 0 Å². The van der Waals surface area contributed by atoms with Crippen molar-refractivity contribution in [1.29, 1.82) is 0 Å². The molecular weight excluding hydrogens is 298 g/mol. The van der Waals surface area contributed by atoms with Gasteiger partial charge in [-0.1, -0.05) is 6.07 Å². The maximum atomic E-state index is 10.9. The van der Waals surface area contributed by atoms with Crippen molar-refractivity contribution in [3.63, 3.8) is 0 Å². The summed E-state index contributed by atoms with van der Waals surface area (Å²) in [7, 11) is 0. The van der Waals surface area contributed by atoms with Crippen molar-refractivity contribution >= 4 is 21.9 Å². The molecule has 0 amide bonds. The fourth-order valence-electron chi connectivity index (χ4n) is 1.41. The number of pyridine rings is 1. The van der Waals surface area contributed by atoms with E-state index in [0.29, 0.717) is 16.0 Å². The Morgan fingerprint density at radius 1 is 1.33 bits per heavy atom. The fourth-order valence-corrected chi connectivity index (χ4v) is 1.74. The van der Waals surface area contributed by atoms with Gasteiger partial charge in [0.2, 0.25) is 0 Å². The number of halogens is 1. The molecule has 0 atom stereocenters. The Bertz CT molecular complexity index is 599. The lowest BCUT2D eigenvalue weighted by Crippen LogP contribution is -1.98. The van der Waals surface area contributed by atoms with Crippen LogP contribution in [-0.4, -0.2) is 16.1 Å². The quantitative estimate of drug-likeness (QED) is 0.940. The van der Waals surface area contributed by atoms with Crippen LogP contribution in [0.5, 0.6) is 11.5 Å². The molecule has 1 N–H and O–H groups in total. The lowest BCUT2D eigenvalue weighted by molar-refractivity contribution is 0.0696. The first-order valence-electron chi connectivity index (χ1n) is 5.19. The van der Waals surface area contributed by atoms with Crippen molar-refractivity contribution < 1.29 is 14.6 Å². The molecule has 1 heterocycles. The number of carbonyl (C=O) groups is 1. The second-order valence-corrected chi connectivity index (χ2v) is 4.55. The van der Waals surface area contributed by atoms with E-state index in [0.717, 1.165) is 5.56 Å². The zero-order valence-corrected chi connectivity index (χ0v) is 11.1. The van der Waals surface area contributed by atoms with Crippen molar-refractivity contribution in [3.05, 3.63) is 52.3 Å². The Hall–Kier alpha value is -1.88. The molecule has 5 heteroatoms. The summed E-state index contributed by atoms with van der Waals surface area (Å²) < 4.78 is 6.39. The summed E-state index contributed by atoms with van der Waals surface area (Å²) in [4.78, 5) is 14.8. The average Bonchev–Trinajstić information content (AvgIpc) is 2.34. The number of carboxylic acid groups (broad SMARTS) is 1. The van der Waals surface area contributed by atoms with Crippen molar-refractivity contribution in [2.45, 2.75) is 6.92 Å². The first-order valence-corrected chi connectivity index (χ1v) is 5.98. The second-order valence-electron chi connectivity index (χ2n) is 3.69. The zero-order chi connectivity index (χ0) is 13.1. The maximum Gasteiger partial charge on any atom is 0.335 e. The highest BCUT2D eigenvalue weighted by Crippen LogP contribution is 2.30. The monoisotopic (exact) mass is 307 g/mol. The summed E-state index contributed by atoms with van der Waals surface area (Å²) in [5.74, 6) is 0.131. The second kappa shape index (κ2) is 5.18. The molecule has 0 fully saturated rings. The normalized spacial score (nSPS) is 10.1. The molecule has 0 saturated heterocycles. The van der Waals surface area contributed by atoms with E-state index in [9.17, 15) is 4.79 Å². The Morgan fingerprint density at radius 3 is 2.78 bits per heavy atom. The van der Waals surface area contributed by atoms with Gasteiger partial charge in [0.15, 0.2) is 0 Å². The molecule has 0 radical (unpaired) electrons. The molecule has 2 aromatic rings. The van der Waals surface area contributed by atoms with E-state index >= 15 is 0 Å². The number of hydrogen-bond acceptors (Lipinski definition) is 3. The average molecular weight is 308 g/mol. The van der Waals surface area contributed by atoms with Crippen LogP contribution in [0.25, 0.3) is 0 Å². The van der Waals surface area contributed by atoms with E-state index in [1.54, 1.807) is 30.6 Å². The molecule has 2 rings (SSSR count). The third-order valence-electron chi connectivity index (χ3n) is 2.39. The van der Waals surface area contributed by atoms with Gasteiger partial charge in [0.25, 0.3) is 0 Å². The zero-order valence-electron chi connectivity index (χ0n) is 9.55. The molecule has 0 spiro atoms. The maximum absolute atomic E-state index is 10.9. The third-order valence-corrected chi connectivity index (χ3v) is 2.99. The van der Waals surface area contributed by atoms with Crippen molar-refractivity contribution in [2.75, 3.05) is 0 Å². The summed E-state index contributed by atoms with van der Waals surface area (Å²) in [6.45, 7) is 1.86. The van der Waals surface area contributed by atoms with Crippen molar-refractivity contribution in [1.82, 2.24) is 4.98 Å². The predicted octanol–water partition coefficient (Wildman–Crippen LogP) is 3.64. The highest BCUT2D eigenvalue weighted by Gasteiger charge is 2.09. The van der Waals surface area contributed by atoms with Gasteiger partial charge in [-0.3, -0.25) is 4.98 Å². The molecule has 0 unspecified atom stereocenters. The van der Waals surface area contributed by atoms with Crippen molar-refractivity contribution in [2.24, 2.45) is 0 Å². The van der Waals surface area contributed by atoms with Crippen LogP contribution in [0, 0.1) is 6.92 Å².